The molecule has 1 saturated heterocycles. The summed E-state index contributed by atoms with van der Waals surface area (Å²) in [5.74, 6) is 3.98. The van der Waals surface area contributed by atoms with Crippen molar-refractivity contribution < 1.29 is 33.2 Å². The molecule has 7 heteroatoms. The van der Waals surface area contributed by atoms with Gasteiger partial charge < -0.3 is 33.2 Å². The van der Waals surface area contributed by atoms with Crippen LogP contribution in [-0.2, 0) is 22.3 Å². The second kappa shape index (κ2) is 9.66. The van der Waals surface area contributed by atoms with Gasteiger partial charge >= 0.3 is 0 Å². The Hall–Kier alpha value is -2.64. The normalized spacial score (nSPS) is 21.9. The van der Waals surface area contributed by atoms with Crippen LogP contribution in [-0.4, -0.2) is 47.6 Å². The van der Waals surface area contributed by atoms with Gasteiger partial charge in [-0.15, -0.1) is 0 Å². The van der Waals surface area contributed by atoms with Gasteiger partial charge in [0.1, 0.15) is 0 Å². The van der Waals surface area contributed by atoms with Crippen LogP contribution in [0.5, 0.6) is 28.7 Å². The summed E-state index contributed by atoms with van der Waals surface area (Å²) in [6.07, 6.45) is 1.40. The smallest absolute Gasteiger partial charge is 0.231 e. The van der Waals surface area contributed by atoms with Crippen LogP contribution >= 0.6 is 0 Å². The van der Waals surface area contributed by atoms with E-state index in [4.69, 9.17) is 33.2 Å². The average Bonchev–Trinajstić information content (AvgIpc) is 3.40. The molecule has 2 aliphatic heterocycles. The predicted octanol–water partition coefficient (Wildman–Crippen LogP) is 3.85. The maximum absolute atomic E-state index is 6.05. The first kappa shape index (κ1) is 21.6. The molecule has 0 aromatic heterocycles. The van der Waals surface area contributed by atoms with Crippen molar-refractivity contribution in [2.75, 3.05) is 41.3 Å². The molecule has 0 radical (unpaired) electrons. The standard InChI is InChI=1S/C24H30O7/c1-5-28-24-18(9-16-11-21(25-2)23(27-4)22(12-16)26-3)17(13-29-24)8-15-6-7-19-20(10-15)31-14-30-19/h6-7,10-12,17-18,24H,5,8-9,13-14H2,1-4H3/t17-,18-,24-/m0/s1. The van der Waals surface area contributed by atoms with Crippen LogP contribution in [0.15, 0.2) is 30.3 Å². The summed E-state index contributed by atoms with van der Waals surface area (Å²) >= 11 is 0. The van der Waals surface area contributed by atoms with Gasteiger partial charge in [-0.25, -0.2) is 0 Å². The van der Waals surface area contributed by atoms with Gasteiger partial charge in [-0.3, -0.25) is 0 Å². The molecule has 0 spiro atoms. The number of benzene rings is 2. The number of rotatable bonds is 9. The molecule has 0 unspecified atom stereocenters. The van der Waals surface area contributed by atoms with Crippen LogP contribution in [0.2, 0.25) is 0 Å². The first-order valence-corrected chi connectivity index (χ1v) is 10.6. The monoisotopic (exact) mass is 430 g/mol. The molecule has 2 heterocycles. The van der Waals surface area contributed by atoms with E-state index >= 15 is 0 Å². The van der Waals surface area contributed by atoms with Crippen molar-refractivity contribution in [3.63, 3.8) is 0 Å². The van der Waals surface area contributed by atoms with Crippen LogP contribution < -0.4 is 23.7 Å². The molecule has 2 aliphatic rings. The van der Waals surface area contributed by atoms with Gasteiger partial charge in [0, 0.05) is 12.5 Å². The summed E-state index contributed by atoms with van der Waals surface area (Å²) in [5.41, 5.74) is 2.29. The first-order chi connectivity index (χ1) is 15.2. The fourth-order valence-electron chi connectivity index (χ4n) is 4.39. The largest absolute Gasteiger partial charge is 0.493 e. The summed E-state index contributed by atoms with van der Waals surface area (Å²) in [5, 5.41) is 0. The number of fused-ring (bicyclic) bond motifs is 1. The summed E-state index contributed by atoms with van der Waals surface area (Å²) in [6, 6.07) is 10.1. The highest BCUT2D eigenvalue weighted by molar-refractivity contribution is 5.54. The summed E-state index contributed by atoms with van der Waals surface area (Å²) in [4.78, 5) is 0. The molecule has 7 nitrogen and oxygen atoms in total. The Labute approximate surface area is 183 Å². The molecule has 0 amide bonds. The highest BCUT2D eigenvalue weighted by atomic mass is 16.7. The van der Waals surface area contributed by atoms with Crippen LogP contribution in [0, 0.1) is 11.8 Å². The summed E-state index contributed by atoms with van der Waals surface area (Å²) in [6.45, 7) is 3.52. The van der Waals surface area contributed by atoms with E-state index in [-0.39, 0.29) is 19.0 Å². The lowest BCUT2D eigenvalue weighted by molar-refractivity contribution is -0.127. The molecule has 4 rings (SSSR count). The zero-order chi connectivity index (χ0) is 21.8. The van der Waals surface area contributed by atoms with Gasteiger partial charge in [0.05, 0.1) is 27.9 Å². The zero-order valence-corrected chi connectivity index (χ0v) is 18.5. The maximum atomic E-state index is 6.05. The molecule has 2 aromatic carbocycles. The lowest BCUT2D eigenvalue weighted by Crippen LogP contribution is -2.26. The van der Waals surface area contributed by atoms with Gasteiger partial charge in [-0.05, 0) is 61.1 Å². The third kappa shape index (κ3) is 4.52. The summed E-state index contributed by atoms with van der Waals surface area (Å²) in [7, 11) is 4.87. The number of hydrogen-bond acceptors (Lipinski definition) is 7. The van der Waals surface area contributed by atoms with Crippen molar-refractivity contribution in [1.29, 1.82) is 0 Å². The highest BCUT2D eigenvalue weighted by Crippen LogP contribution is 2.41. The molecule has 1 fully saturated rings. The van der Waals surface area contributed by atoms with E-state index in [1.54, 1.807) is 21.3 Å². The Morgan fingerprint density at radius 2 is 1.61 bits per heavy atom. The Balaban J connectivity index is 1.57. The zero-order valence-electron chi connectivity index (χ0n) is 18.5. The topological polar surface area (TPSA) is 64.6 Å². The second-order valence-corrected chi connectivity index (χ2v) is 7.71. The molecule has 0 saturated carbocycles. The third-order valence-corrected chi connectivity index (χ3v) is 5.89. The van der Waals surface area contributed by atoms with Gasteiger partial charge in [0.25, 0.3) is 0 Å². The Morgan fingerprint density at radius 1 is 0.871 bits per heavy atom. The van der Waals surface area contributed by atoms with E-state index in [0.717, 1.165) is 29.9 Å². The van der Waals surface area contributed by atoms with E-state index in [0.29, 0.717) is 36.4 Å². The minimum Gasteiger partial charge on any atom is -0.493 e. The van der Waals surface area contributed by atoms with Crippen molar-refractivity contribution in [3.05, 3.63) is 41.5 Å². The van der Waals surface area contributed by atoms with Crippen molar-refractivity contribution >= 4 is 0 Å². The molecule has 2 aromatic rings. The molecule has 168 valence electrons. The third-order valence-electron chi connectivity index (χ3n) is 5.89. The number of methoxy groups -OCH3 is 3. The molecular weight excluding hydrogens is 400 g/mol. The fraction of sp³-hybridized carbons (Fsp3) is 0.500. The van der Waals surface area contributed by atoms with Crippen LogP contribution in [0.25, 0.3) is 0 Å². The predicted molar refractivity (Wildman–Crippen MR) is 114 cm³/mol. The SMILES string of the molecule is CCO[C@H]1OC[C@H](Cc2ccc3c(c2)OCO3)[C@@H]1Cc1cc(OC)c(OC)c(OC)c1. The van der Waals surface area contributed by atoms with Crippen LogP contribution in [0.4, 0.5) is 0 Å². The quantitative estimate of drug-likeness (QED) is 0.599. The second-order valence-electron chi connectivity index (χ2n) is 7.71. The van der Waals surface area contributed by atoms with Gasteiger partial charge in [-0.2, -0.15) is 0 Å². The minimum absolute atomic E-state index is 0.188. The van der Waals surface area contributed by atoms with Crippen molar-refractivity contribution in [1.82, 2.24) is 0 Å². The first-order valence-electron chi connectivity index (χ1n) is 10.6. The van der Waals surface area contributed by atoms with Gasteiger partial charge in [-0.1, -0.05) is 6.07 Å². The van der Waals surface area contributed by atoms with Crippen molar-refractivity contribution in [2.45, 2.75) is 26.1 Å². The van der Waals surface area contributed by atoms with E-state index in [2.05, 4.69) is 12.1 Å². The van der Waals surface area contributed by atoms with Crippen molar-refractivity contribution in [2.24, 2.45) is 11.8 Å². The van der Waals surface area contributed by atoms with E-state index in [1.807, 2.05) is 25.1 Å². The molecule has 3 atom stereocenters. The Morgan fingerprint density at radius 3 is 2.29 bits per heavy atom. The Kier molecular flexibility index (Phi) is 6.73. The molecule has 0 bridgehead atoms. The Bertz CT molecular complexity index is 872. The number of ether oxygens (including phenoxy) is 7. The average molecular weight is 430 g/mol. The molecule has 0 N–H and O–H groups in total. The summed E-state index contributed by atoms with van der Waals surface area (Å²) < 4.78 is 39.5. The van der Waals surface area contributed by atoms with Crippen LogP contribution in [0.3, 0.4) is 0 Å². The van der Waals surface area contributed by atoms with Crippen molar-refractivity contribution in [3.8, 4) is 28.7 Å². The van der Waals surface area contributed by atoms with Gasteiger partial charge in [0.15, 0.2) is 29.3 Å². The maximum Gasteiger partial charge on any atom is 0.231 e. The van der Waals surface area contributed by atoms with Crippen LogP contribution in [0.1, 0.15) is 18.1 Å². The lowest BCUT2D eigenvalue weighted by Gasteiger charge is -2.24. The fourth-order valence-corrected chi connectivity index (χ4v) is 4.39. The molecule has 31 heavy (non-hydrogen) atoms. The lowest BCUT2D eigenvalue weighted by atomic mass is 9.84. The van der Waals surface area contributed by atoms with E-state index < -0.39 is 0 Å². The molecule has 0 aliphatic carbocycles. The number of hydrogen-bond donors (Lipinski definition) is 0. The molecular formula is C24H30O7. The van der Waals surface area contributed by atoms with E-state index in [1.165, 1.54) is 5.56 Å². The highest BCUT2D eigenvalue weighted by Gasteiger charge is 2.38. The minimum atomic E-state index is -0.247. The van der Waals surface area contributed by atoms with Gasteiger partial charge in [0.2, 0.25) is 12.5 Å². The van der Waals surface area contributed by atoms with E-state index in [9.17, 15) is 0 Å².